The van der Waals surface area contributed by atoms with Crippen LogP contribution in [0.3, 0.4) is 0 Å². The van der Waals surface area contributed by atoms with Gasteiger partial charge >= 0.3 is 5.69 Å². The first kappa shape index (κ1) is 12.3. The number of nitrogens with two attached hydrogens (primary N) is 3. The lowest BCUT2D eigenvalue weighted by molar-refractivity contribution is 0.454. The summed E-state index contributed by atoms with van der Waals surface area (Å²) in [7, 11) is 0. The highest BCUT2D eigenvalue weighted by molar-refractivity contribution is 7.73. The average Bonchev–Trinajstić information content (AvgIpc) is 1.98. The summed E-state index contributed by atoms with van der Waals surface area (Å²) in [5.74, 6) is 0.0127. The maximum Gasteiger partial charge on any atom is 0.348 e. The van der Waals surface area contributed by atoms with Crippen molar-refractivity contribution >= 4 is 28.7 Å². The number of H-pyrrole nitrogens is 1. The van der Waals surface area contributed by atoms with Crippen molar-refractivity contribution in [2.24, 2.45) is 0 Å². The molecule has 0 spiro atoms. The third-order valence-electron chi connectivity index (χ3n) is 1.03. The van der Waals surface area contributed by atoms with E-state index in [9.17, 15) is 4.79 Å². The van der Waals surface area contributed by atoms with E-state index in [2.05, 4.69) is 9.97 Å². The Hall–Kier alpha value is -1.65. The molecule has 1 aromatic rings. The van der Waals surface area contributed by atoms with Crippen molar-refractivity contribution < 1.29 is 13.3 Å². The quantitative estimate of drug-likeness (QED) is 0.278. The van der Waals surface area contributed by atoms with Crippen LogP contribution in [0.1, 0.15) is 0 Å². The van der Waals surface area contributed by atoms with Crippen LogP contribution in [0.4, 0.5) is 17.3 Å². The monoisotopic (exact) mass is 223 g/mol. The summed E-state index contributed by atoms with van der Waals surface area (Å²) in [4.78, 5) is 16.0. The maximum absolute atomic E-state index is 10.5. The topological polar surface area (TPSA) is 181 Å². The van der Waals surface area contributed by atoms with Gasteiger partial charge in [-0.2, -0.15) is 9.19 Å². The normalized spacial score (nSPS) is 9.36. The van der Waals surface area contributed by atoms with Crippen LogP contribution in [-0.4, -0.2) is 23.3 Å². The molecule has 0 saturated carbocycles. The number of aromatic nitrogens is 2. The average molecular weight is 223 g/mol. The Morgan fingerprint density at radius 1 is 1.29 bits per heavy atom. The molecule has 0 aliphatic heterocycles. The SMILES string of the molecule is Nc1nc(=O)[nH]c(N)c1N.O=S(O)O. The summed E-state index contributed by atoms with van der Waals surface area (Å²) in [6, 6.07) is 0. The molecule has 0 amide bonds. The first-order valence-corrected chi connectivity index (χ1v) is 4.11. The van der Waals surface area contributed by atoms with Gasteiger partial charge in [0.25, 0.3) is 11.4 Å². The van der Waals surface area contributed by atoms with E-state index in [-0.39, 0.29) is 17.3 Å². The van der Waals surface area contributed by atoms with E-state index in [4.69, 9.17) is 30.5 Å². The minimum absolute atomic E-state index is 0.0405. The van der Waals surface area contributed by atoms with Crippen molar-refractivity contribution in [3.05, 3.63) is 10.5 Å². The van der Waals surface area contributed by atoms with Gasteiger partial charge in [-0.25, -0.2) is 4.79 Å². The molecule has 14 heavy (non-hydrogen) atoms. The Balaban J connectivity index is 0.000000364. The zero-order valence-electron chi connectivity index (χ0n) is 6.80. The van der Waals surface area contributed by atoms with Crippen LogP contribution in [0.5, 0.6) is 0 Å². The Kier molecular flexibility index (Phi) is 4.55. The lowest BCUT2D eigenvalue weighted by Gasteiger charge is -1.99. The third-order valence-corrected chi connectivity index (χ3v) is 1.03. The number of nitrogens with zero attached hydrogens (tertiary/aromatic N) is 1. The molecule has 0 aromatic carbocycles. The van der Waals surface area contributed by atoms with Crippen molar-refractivity contribution in [2.45, 2.75) is 0 Å². The maximum atomic E-state index is 10.5. The molecular weight excluding hydrogens is 214 g/mol. The first-order valence-electron chi connectivity index (χ1n) is 3.05. The number of rotatable bonds is 0. The number of nitrogens with one attached hydrogen (secondary N) is 1. The van der Waals surface area contributed by atoms with E-state index in [1.807, 2.05) is 0 Å². The molecule has 0 atom stereocenters. The van der Waals surface area contributed by atoms with Gasteiger partial charge in [0, 0.05) is 0 Å². The van der Waals surface area contributed by atoms with Gasteiger partial charge in [-0.3, -0.25) is 14.1 Å². The van der Waals surface area contributed by atoms with E-state index in [0.717, 1.165) is 0 Å². The summed E-state index contributed by atoms with van der Waals surface area (Å²) in [6.07, 6.45) is 0. The number of nitrogen functional groups attached to an aromatic ring is 3. The fourth-order valence-corrected chi connectivity index (χ4v) is 0.518. The predicted octanol–water partition coefficient (Wildman–Crippen LogP) is -1.80. The molecule has 1 rings (SSSR count). The third kappa shape index (κ3) is 4.39. The Morgan fingerprint density at radius 3 is 2.07 bits per heavy atom. The summed E-state index contributed by atoms with van der Waals surface area (Å²) in [5, 5.41) is 0. The Bertz CT molecular complexity index is 360. The Morgan fingerprint density at radius 2 is 1.71 bits per heavy atom. The lowest BCUT2D eigenvalue weighted by atomic mass is 10.4. The highest BCUT2D eigenvalue weighted by atomic mass is 32.2. The highest BCUT2D eigenvalue weighted by Crippen LogP contribution is 2.12. The fourth-order valence-electron chi connectivity index (χ4n) is 0.518. The van der Waals surface area contributed by atoms with Crippen LogP contribution >= 0.6 is 0 Å². The van der Waals surface area contributed by atoms with Gasteiger partial charge in [-0.1, -0.05) is 0 Å². The molecule has 10 heteroatoms. The second-order valence-electron chi connectivity index (χ2n) is 1.99. The Labute approximate surface area is 80.4 Å². The van der Waals surface area contributed by atoms with Crippen LogP contribution in [0.15, 0.2) is 4.79 Å². The highest BCUT2D eigenvalue weighted by Gasteiger charge is 2.00. The standard InChI is InChI=1S/C4H7N5O.H2O3S/c5-1-2(6)8-4(10)9-3(1)7;1-4(2)3/h5H2,(H5,6,7,8,9,10);(H2,1,2,3). The fraction of sp³-hybridized carbons (Fsp3) is 0. The van der Waals surface area contributed by atoms with Gasteiger partial charge in [0.2, 0.25) is 0 Å². The van der Waals surface area contributed by atoms with Gasteiger partial charge in [0.15, 0.2) is 5.82 Å². The molecule has 1 heterocycles. The van der Waals surface area contributed by atoms with Gasteiger partial charge in [0.1, 0.15) is 11.5 Å². The molecule has 0 unspecified atom stereocenters. The largest absolute Gasteiger partial charge is 0.393 e. The molecule has 0 radical (unpaired) electrons. The smallest absolute Gasteiger partial charge is 0.348 e. The summed E-state index contributed by atoms with van der Waals surface area (Å²) in [6.45, 7) is 0. The summed E-state index contributed by atoms with van der Waals surface area (Å²) >= 11 is -2.61. The van der Waals surface area contributed by atoms with Gasteiger partial charge < -0.3 is 17.2 Å². The van der Waals surface area contributed by atoms with Crippen molar-refractivity contribution in [2.75, 3.05) is 17.2 Å². The molecule has 0 aliphatic carbocycles. The van der Waals surface area contributed by atoms with Crippen molar-refractivity contribution in [1.29, 1.82) is 0 Å². The number of aromatic amines is 1. The number of hydrogen-bond acceptors (Lipinski definition) is 6. The van der Waals surface area contributed by atoms with Crippen LogP contribution < -0.4 is 22.9 Å². The molecule has 0 aliphatic rings. The second kappa shape index (κ2) is 5.16. The van der Waals surface area contributed by atoms with E-state index in [0.29, 0.717) is 0 Å². The number of anilines is 3. The van der Waals surface area contributed by atoms with Crippen LogP contribution in [0, 0.1) is 0 Å². The van der Waals surface area contributed by atoms with Crippen LogP contribution in [0.25, 0.3) is 0 Å². The minimum Gasteiger partial charge on any atom is -0.393 e. The first-order chi connectivity index (χ1) is 6.34. The molecular formula is C4H9N5O4S. The van der Waals surface area contributed by atoms with Gasteiger partial charge in [-0.15, -0.1) is 0 Å². The van der Waals surface area contributed by atoms with Crippen molar-refractivity contribution in [3.8, 4) is 0 Å². The van der Waals surface area contributed by atoms with E-state index in [1.54, 1.807) is 0 Å². The molecule has 0 saturated heterocycles. The lowest BCUT2D eigenvalue weighted by Crippen LogP contribution is -2.17. The predicted molar refractivity (Wildman–Crippen MR) is 51.5 cm³/mol. The zero-order chi connectivity index (χ0) is 11.3. The van der Waals surface area contributed by atoms with E-state index < -0.39 is 17.1 Å². The van der Waals surface area contributed by atoms with E-state index >= 15 is 0 Å². The van der Waals surface area contributed by atoms with Crippen molar-refractivity contribution in [1.82, 2.24) is 9.97 Å². The van der Waals surface area contributed by atoms with Crippen molar-refractivity contribution in [3.63, 3.8) is 0 Å². The van der Waals surface area contributed by atoms with Crippen LogP contribution in [0.2, 0.25) is 0 Å². The molecule has 0 fully saturated rings. The second-order valence-corrected chi connectivity index (χ2v) is 2.45. The summed E-state index contributed by atoms with van der Waals surface area (Å²) in [5.41, 5.74) is 15.2. The minimum atomic E-state index is -2.61. The van der Waals surface area contributed by atoms with Gasteiger partial charge in [-0.05, 0) is 0 Å². The van der Waals surface area contributed by atoms with Gasteiger partial charge in [0.05, 0.1) is 0 Å². The molecule has 9 N–H and O–H groups in total. The summed E-state index contributed by atoms with van der Waals surface area (Å²) < 4.78 is 22.8. The molecule has 9 nitrogen and oxygen atoms in total. The molecule has 80 valence electrons. The van der Waals surface area contributed by atoms with E-state index in [1.165, 1.54) is 0 Å². The number of hydrogen-bond donors (Lipinski definition) is 6. The molecule has 0 bridgehead atoms. The molecule has 1 aromatic heterocycles. The zero-order valence-corrected chi connectivity index (χ0v) is 7.61. The van der Waals surface area contributed by atoms with Crippen LogP contribution in [-0.2, 0) is 11.4 Å².